The van der Waals surface area contributed by atoms with Crippen molar-refractivity contribution in [2.45, 2.75) is 26.2 Å². The fraction of sp³-hybridized carbons (Fsp3) is 0.500. The molecule has 0 spiro atoms. The number of hydrogen-bond acceptors (Lipinski definition) is 3. The summed E-state index contributed by atoms with van der Waals surface area (Å²) in [5, 5.41) is 7.10. The predicted molar refractivity (Wildman–Crippen MR) is 79.1 cm³/mol. The molecule has 0 aliphatic heterocycles. The van der Waals surface area contributed by atoms with E-state index in [0.717, 1.165) is 24.8 Å². The standard InChI is InChI=1S/C14H19ClN4O/c1-2-3-11(4-5-15)8-17-14(20)12-9-18-19-7-6-16-10-13(12)19/h6-7,9-11H,2-5,8H2,1H3,(H,17,20). The second kappa shape index (κ2) is 7.24. The summed E-state index contributed by atoms with van der Waals surface area (Å²) in [7, 11) is 0. The summed E-state index contributed by atoms with van der Waals surface area (Å²) >= 11 is 5.79. The van der Waals surface area contributed by atoms with Crippen molar-refractivity contribution in [3.05, 3.63) is 30.4 Å². The topological polar surface area (TPSA) is 59.3 Å². The van der Waals surface area contributed by atoms with Crippen molar-refractivity contribution >= 4 is 23.0 Å². The van der Waals surface area contributed by atoms with Crippen molar-refractivity contribution in [3.63, 3.8) is 0 Å². The lowest BCUT2D eigenvalue weighted by Crippen LogP contribution is -2.29. The number of amides is 1. The van der Waals surface area contributed by atoms with E-state index in [-0.39, 0.29) is 5.91 Å². The number of rotatable bonds is 7. The second-order valence-corrected chi connectivity index (χ2v) is 5.18. The first kappa shape index (κ1) is 14.8. The monoisotopic (exact) mass is 294 g/mol. The first-order valence-electron chi connectivity index (χ1n) is 6.87. The SMILES string of the molecule is CCCC(CCCl)CNC(=O)c1cnn2ccncc12. The van der Waals surface area contributed by atoms with Gasteiger partial charge in [0, 0.05) is 24.8 Å². The molecule has 1 atom stereocenters. The smallest absolute Gasteiger partial charge is 0.255 e. The van der Waals surface area contributed by atoms with E-state index in [1.165, 1.54) is 0 Å². The fourth-order valence-corrected chi connectivity index (χ4v) is 2.56. The molecule has 108 valence electrons. The van der Waals surface area contributed by atoms with E-state index in [9.17, 15) is 4.79 Å². The molecular formula is C14H19ClN4O. The van der Waals surface area contributed by atoms with Crippen LogP contribution in [0.1, 0.15) is 36.5 Å². The molecule has 0 bridgehead atoms. The molecule has 2 rings (SSSR count). The highest BCUT2D eigenvalue weighted by Crippen LogP contribution is 2.12. The molecule has 0 saturated carbocycles. The van der Waals surface area contributed by atoms with Crippen molar-refractivity contribution in [3.8, 4) is 0 Å². The van der Waals surface area contributed by atoms with Gasteiger partial charge in [-0.1, -0.05) is 13.3 Å². The number of aromatic nitrogens is 3. The van der Waals surface area contributed by atoms with Crippen molar-refractivity contribution in [1.29, 1.82) is 0 Å². The number of hydrogen-bond donors (Lipinski definition) is 1. The molecule has 1 N–H and O–H groups in total. The van der Waals surface area contributed by atoms with Crippen LogP contribution >= 0.6 is 11.6 Å². The zero-order valence-corrected chi connectivity index (χ0v) is 12.3. The van der Waals surface area contributed by atoms with E-state index in [1.54, 1.807) is 29.3 Å². The Kier molecular flexibility index (Phi) is 5.35. The molecule has 2 aromatic rings. The lowest BCUT2D eigenvalue weighted by Gasteiger charge is -2.15. The fourth-order valence-electron chi connectivity index (χ4n) is 2.25. The molecule has 6 heteroatoms. The van der Waals surface area contributed by atoms with E-state index >= 15 is 0 Å². The quantitative estimate of drug-likeness (QED) is 0.798. The average Bonchev–Trinajstić information content (AvgIpc) is 2.89. The van der Waals surface area contributed by atoms with Crippen LogP contribution < -0.4 is 5.32 Å². The Morgan fingerprint density at radius 1 is 1.45 bits per heavy atom. The highest BCUT2D eigenvalue weighted by Gasteiger charge is 2.14. The number of fused-ring (bicyclic) bond motifs is 1. The number of alkyl halides is 1. The Morgan fingerprint density at radius 3 is 3.05 bits per heavy atom. The van der Waals surface area contributed by atoms with Gasteiger partial charge in [0.1, 0.15) is 0 Å². The molecule has 0 aliphatic rings. The number of carbonyl (C=O) groups is 1. The summed E-state index contributed by atoms with van der Waals surface area (Å²) in [6, 6.07) is 0. The highest BCUT2D eigenvalue weighted by atomic mass is 35.5. The number of carbonyl (C=O) groups excluding carboxylic acids is 1. The molecule has 2 heterocycles. The van der Waals surface area contributed by atoms with Crippen LogP contribution in [0.4, 0.5) is 0 Å². The Labute approximate surface area is 123 Å². The van der Waals surface area contributed by atoms with Gasteiger partial charge < -0.3 is 5.32 Å². The van der Waals surface area contributed by atoms with Gasteiger partial charge in [-0.15, -0.1) is 11.6 Å². The lowest BCUT2D eigenvalue weighted by molar-refractivity contribution is 0.0947. The summed E-state index contributed by atoms with van der Waals surface area (Å²) in [4.78, 5) is 16.2. The summed E-state index contributed by atoms with van der Waals surface area (Å²) in [6.07, 6.45) is 9.67. The van der Waals surface area contributed by atoms with Gasteiger partial charge in [-0.05, 0) is 18.8 Å². The molecule has 2 aromatic heterocycles. The molecule has 0 aliphatic carbocycles. The second-order valence-electron chi connectivity index (χ2n) is 4.81. The maximum atomic E-state index is 12.2. The van der Waals surface area contributed by atoms with Crippen LogP contribution in [0.3, 0.4) is 0 Å². The maximum Gasteiger partial charge on any atom is 0.255 e. The van der Waals surface area contributed by atoms with Crippen LogP contribution in [0, 0.1) is 5.92 Å². The van der Waals surface area contributed by atoms with Crippen molar-refractivity contribution in [1.82, 2.24) is 19.9 Å². The molecule has 1 unspecified atom stereocenters. The zero-order chi connectivity index (χ0) is 14.4. The van der Waals surface area contributed by atoms with Gasteiger partial charge in [0.05, 0.1) is 23.5 Å². The summed E-state index contributed by atoms with van der Waals surface area (Å²) < 4.78 is 1.64. The van der Waals surface area contributed by atoms with E-state index < -0.39 is 0 Å². The molecule has 0 aromatic carbocycles. The lowest BCUT2D eigenvalue weighted by atomic mass is 10.0. The molecule has 1 amide bonds. The molecule has 5 nitrogen and oxygen atoms in total. The highest BCUT2D eigenvalue weighted by molar-refractivity contribution is 6.17. The maximum absolute atomic E-state index is 12.2. The van der Waals surface area contributed by atoms with E-state index in [1.807, 2.05) is 0 Å². The third kappa shape index (κ3) is 3.48. The Balaban J connectivity index is 2.01. The largest absolute Gasteiger partial charge is 0.352 e. The van der Waals surface area contributed by atoms with Gasteiger partial charge in [-0.25, -0.2) is 4.52 Å². The van der Waals surface area contributed by atoms with Gasteiger partial charge >= 0.3 is 0 Å². The minimum Gasteiger partial charge on any atom is -0.352 e. The summed E-state index contributed by atoms with van der Waals surface area (Å²) in [5.41, 5.74) is 1.27. The van der Waals surface area contributed by atoms with Gasteiger partial charge in [-0.3, -0.25) is 9.78 Å². The minimum atomic E-state index is -0.108. The Hall–Kier alpha value is -1.62. The third-order valence-electron chi connectivity index (χ3n) is 3.33. The molecule has 0 radical (unpaired) electrons. The van der Waals surface area contributed by atoms with Crippen LogP contribution in [0.5, 0.6) is 0 Å². The third-order valence-corrected chi connectivity index (χ3v) is 3.55. The van der Waals surface area contributed by atoms with E-state index in [0.29, 0.717) is 23.9 Å². The summed E-state index contributed by atoms with van der Waals surface area (Å²) in [6.45, 7) is 2.79. The minimum absolute atomic E-state index is 0.108. The molecule has 0 fully saturated rings. The van der Waals surface area contributed by atoms with Gasteiger partial charge in [0.15, 0.2) is 0 Å². The van der Waals surface area contributed by atoms with Crippen LogP contribution in [0.25, 0.3) is 5.52 Å². The van der Waals surface area contributed by atoms with E-state index in [2.05, 4.69) is 22.3 Å². The van der Waals surface area contributed by atoms with Gasteiger partial charge in [0.25, 0.3) is 5.91 Å². The summed E-state index contributed by atoms with van der Waals surface area (Å²) in [5.74, 6) is 0.950. The average molecular weight is 295 g/mol. The van der Waals surface area contributed by atoms with Crippen LogP contribution in [0.15, 0.2) is 24.8 Å². The molecule has 0 saturated heterocycles. The van der Waals surface area contributed by atoms with Crippen LogP contribution in [0.2, 0.25) is 0 Å². The zero-order valence-electron chi connectivity index (χ0n) is 11.6. The predicted octanol–water partition coefficient (Wildman–Crippen LogP) is 2.50. The first-order chi connectivity index (χ1) is 9.76. The van der Waals surface area contributed by atoms with Crippen LogP contribution in [-0.2, 0) is 0 Å². The van der Waals surface area contributed by atoms with Gasteiger partial charge in [0.2, 0.25) is 0 Å². The van der Waals surface area contributed by atoms with Crippen LogP contribution in [-0.4, -0.2) is 32.9 Å². The molecule has 20 heavy (non-hydrogen) atoms. The van der Waals surface area contributed by atoms with Crippen molar-refractivity contribution in [2.75, 3.05) is 12.4 Å². The number of nitrogens with zero attached hydrogens (tertiary/aromatic N) is 3. The van der Waals surface area contributed by atoms with E-state index in [4.69, 9.17) is 11.6 Å². The first-order valence-corrected chi connectivity index (χ1v) is 7.41. The Morgan fingerprint density at radius 2 is 2.30 bits per heavy atom. The Bertz CT molecular complexity index is 563. The number of halogens is 1. The van der Waals surface area contributed by atoms with Crippen molar-refractivity contribution < 1.29 is 4.79 Å². The van der Waals surface area contributed by atoms with Gasteiger partial charge in [-0.2, -0.15) is 5.10 Å². The molecular weight excluding hydrogens is 276 g/mol. The van der Waals surface area contributed by atoms with Crippen molar-refractivity contribution in [2.24, 2.45) is 5.92 Å². The number of nitrogens with one attached hydrogen (secondary N) is 1. The normalized spacial score (nSPS) is 12.5.